The predicted molar refractivity (Wildman–Crippen MR) is 242 cm³/mol. The number of rotatable bonds is 11. The smallest absolute Gasteiger partial charge is 0.337 e. The van der Waals surface area contributed by atoms with Crippen LogP contribution in [-0.4, -0.2) is 93.0 Å². The Hall–Kier alpha value is -6.68. The summed E-state index contributed by atoms with van der Waals surface area (Å²) in [4.78, 5) is 57.4. The Morgan fingerprint density at radius 2 is 1.06 bits per heavy atom. The van der Waals surface area contributed by atoms with Crippen LogP contribution >= 0.6 is 0 Å². The molecule has 2 fully saturated rings. The molecule has 8 rings (SSSR count). The molecule has 6 aromatic rings. The minimum atomic E-state index is -0.602. The van der Waals surface area contributed by atoms with Crippen LogP contribution in [0.2, 0.25) is 0 Å². The van der Waals surface area contributed by atoms with Crippen LogP contribution < -0.4 is 15.5 Å². The van der Waals surface area contributed by atoms with Gasteiger partial charge in [0.1, 0.15) is 11.6 Å². The number of hydrogen-bond donors (Lipinski definition) is 1. The molecular weight excluding hydrogens is 821 g/mol. The van der Waals surface area contributed by atoms with E-state index in [0.717, 1.165) is 66.4 Å². The molecule has 14 nitrogen and oxygen atoms in total. The number of piperidine rings is 2. The van der Waals surface area contributed by atoms with E-state index >= 15 is 0 Å². The second kappa shape index (κ2) is 20.7. The molecule has 2 N–H and O–H groups in total. The minimum absolute atomic E-state index is 0.0500. The van der Waals surface area contributed by atoms with Gasteiger partial charge < -0.3 is 20.3 Å². The summed E-state index contributed by atoms with van der Waals surface area (Å²) >= 11 is 0. The molecule has 2 aromatic heterocycles. The van der Waals surface area contributed by atoms with Crippen LogP contribution in [0.3, 0.4) is 0 Å². The van der Waals surface area contributed by atoms with Crippen LogP contribution in [0.15, 0.2) is 85.2 Å². The molecule has 0 aliphatic carbocycles. The number of hydrogen-bond acceptors (Lipinski definition) is 8. The van der Waals surface area contributed by atoms with Gasteiger partial charge in [-0.25, -0.2) is 23.2 Å². The Morgan fingerprint density at radius 1 is 0.625 bits per heavy atom. The third kappa shape index (κ3) is 10.1. The predicted octanol–water partition coefficient (Wildman–Crippen LogP) is 8.54. The summed E-state index contributed by atoms with van der Waals surface area (Å²) in [6.45, 7) is 8.12. The van der Waals surface area contributed by atoms with Gasteiger partial charge in [0, 0.05) is 78.1 Å². The molecule has 4 aromatic carbocycles. The first-order valence-corrected chi connectivity index (χ1v) is 22.0. The lowest BCUT2D eigenvalue weighted by Gasteiger charge is -2.33. The number of methoxy groups -OCH3 is 1. The zero-order valence-corrected chi connectivity index (χ0v) is 36.6. The highest BCUT2D eigenvalue weighted by Gasteiger charge is 2.28. The second-order valence-corrected chi connectivity index (χ2v) is 16.0. The van der Waals surface area contributed by atoms with E-state index in [9.17, 15) is 28.0 Å². The second-order valence-electron chi connectivity index (χ2n) is 16.0. The SMILES string of the molecule is CCn1ncc2ccc(N(Cc3ccc(C(=O)CN)cc3F)C(=O)N3CCCCC3)cc21.CCn1ncc2ccc(N(Cc3ccc(C(=O)OC)cc3F)C(=O)N3CCCCC3)cc21. The summed E-state index contributed by atoms with van der Waals surface area (Å²) in [5.74, 6) is -2.01. The zero-order valence-electron chi connectivity index (χ0n) is 36.6. The number of ketones is 1. The van der Waals surface area contributed by atoms with E-state index < -0.39 is 17.6 Å². The number of ether oxygens (including phenoxy) is 1. The van der Waals surface area contributed by atoms with Crippen LogP contribution in [0, 0.1) is 11.6 Å². The fraction of sp³-hybridized carbons (Fsp3) is 0.375. The van der Waals surface area contributed by atoms with E-state index in [4.69, 9.17) is 5.73 Å². The van der Waals surface area contributed by atoms with Gasteiger partial charge in [-0.05, 0) is 107 Å². The standard InChI is InChI=1S/C24H28FN5O2.C24H27FN4O3/c1-2-30-22-13-20(9-8-18(22)15-27-30)29(24(32)28-10-4-3-5-11-28)16-19-7-6-17(12-21(19)25)23(31)14-26;1-3-29-22-14-20(10-9-18(22)15-26-29)28(24(31)27-11-5-4-6-12-27)16-19-8-7-17(13-21(19)25)23(30)32-2/h6-9,12-13,15H,2-5,10-11,14,16,26H2,1H3;7-10,13-15H,3-6,11-12,16H2,1-2H3. The number of likely N-dealkylation sites (tertiary alicyclic amines) is 2. The van der Waals surface area contributed by atoms with Gasteiger partial charge >= 0.3 is 18.0 Å². The summed E-state index contributed by atoms with van der Waals surface area (Å²) in [6, 6.07) is 19.7. The number of nitrogens with two attached hydrogens (primary N) is 1. The molecule has 2 aliphatic rings. The first-order valence-electron chi connectivity index (χ1n) is 22.0. The summed E-state index contributed by atoms with van der Waals surface area (Å²) in [6.07, 6.45) is 9.66. The number of Topliss-reactive ketones (excluding diaryl/α,β-unsaturated/α-hetero) is 1. The molecule has 0 atom stereocenters. The number of aromatic nitrogens is 4. The lowest BCUT2D eigenvalue weighted by atomic mass is 10.1. The van der Waals surface area contributed by atoms with E-state index in [1.54, 1.807) is 34.3 Å². The van der Waals surface area contributed by atoms with Gasteiger partial charge in [-0.2, -0.15) is 10.2 Å². The van der Waals surface area contributed by atoms with Gasteiger partial charge in [0.25, 0.3) is 0 Å². The molecule has 4 amide bonds. The summed E-state index contributed by atoms with van der Waals surface area (Å²) in [5.41, 5.74) is 9.63. The first-order chi connectivity index (χ1) is 31.0. The Labute approximate surface area is 371 Å². The molecule has 0 bridgehead atoms. The molecule has 0 saturated carbocycles. The van der Waals surface area contributed by atoms with E-state index in [1.807, 2.05) is 69.4 Å². The van der Waals surface area contributed by atoms with Crippen molar-refractivity contribution in [3.05, 3.63) is 119 Å². The first kappa shape index (κ1) is 45.3. The lowest BCUT2D eigenvalue weighted by Crippen LogP contribution is -2.45. The van der Waals surface area contributed by atoms with E-state index in [2.05, 4.69) is 14.9 Å². The van der Waals surface area contributed by atoms with Crippen LogP contribution in [0.4, 0.5) is 29.7 Å². The molecule has 2 saturated heterocycles. The van der Waals surface area contributed by atoms with Gasteiger partial charge in [-0.3, -0.25) is 24.0 Å². The van der Waals surface area contributed by atoms with Crippen molar-refractivity contribution in [3.8, 4) is 0 Å². The van der Waals surface area contributed by atoms with Crippen molar-refractivity contribution in [2.45, 2.75) is 78.6 Å². The number of carbonyl (C=O) groups excluding carboxylic acids is 4. The average molecular weight is 876 g/mol. The van der Waals surface area contributed by atoms with Crippen LogP contribution in [0.1, 0.15) is 84.2 Å². The van der Waals surface area contributed by atoms with Crippen LogP contribution in [0.5, 0.6) is 0 Å². The summed E-state index contributed by atoms with van der Waals surface area (Å²) in [5, 5.41) is 10.7. The van der Waals surface area contributed by atoms with Crippen molar-refractivity contribution in [3.63, 3.8) is 0 Å². The van der Waals surface area contributed by atoms with Crippen molar-refractivity contribution in [1.29, 1.82) is 0 Å². The van der Waals surface area contributed by atoms with Gasteiger partial charge in [0.05, 0.1) is 55.7 Å². The Kier molecular flexibility index (Phi) is 14.6. The zero-order chi connectivity index (χ0) is 45.3. The highest BCUT2D eigenvalue weighted by molar-refractivity contribution is 5.98. The molecule has 16 heteroatoms. The Balaban J connectivity index is 0.000000191. The molecule has 0 radical (unpaired) electrons. The number of fused-ring (bicyclic) bond motifs is 2. The number of anilines is 2. The van der Waals surface area contributed by atoms with Gasteiger partial charge in [-0.1, -0.05) is 18.2 Å². The molecule has 2 aliphatic heterocycles. The Bertz CT molecular complexity index is 2450. The maximum Gasteiger partial charge on any atom is 0.337 e. The number of urea groups is 2. The van der Waals surface area contributed by atoms with Crippen molar-refractivity contribution in [2.24, 2.45) is 5.73 Å². The maximum atomic E-state index is 14.9. The molecule has 0 spiro atoms. The van der Waals surface area contributed by atoms with E-state index in [0.29, 0.717) is 61.8 Å². The summed E-state index contributed by atoms with van der Waals surface area (Å²) in [7, 11) is 1.25. The number of carbonyl (C=O) groups is 4. The van der Waals surface area contributed by atoms with E-state index in [-0.39, 0.29) is 48.6 Å². The normalized spacial score (nSPS) is 14.0. The number of amides is 4. The van der Waals surface area contributed by atoms with Gasteiger partial charge in [0.15, 0.2) is 5.78 Å². The molecule has 64 heavy (non-hydrogen) atoms. The minimum Gasteiger partial charge on any atom is -0.465 e. The molecule has 0 unspecified atom stereocenters. The van der Waals surface area contributed by atoms with Crippen molar-refractivity contribution < 1.29 is 32.7 Å². The number of benzene rings is 4. The maximum absolute atomic E-state index is 14.9. The average Bonchev–Trinajstić information content (AvgIpc) is 3.96. The Morgan fingerprint density at radius 3 is 1.47 bits per heavy atom. The van der Waals surface area contributed by atoms with Crippen molar-refractivity contribution in [2.75, 3.05) is 49.6 Å². The lowest BCUT2D eigenvalue weighted by molar-refractivity contribution is 0.0600. The van der Waals surface area contributed by atoms with Gasteiger partial charge in [-0.15, -0.1) is 0 Å². The topological polar surface area (TPSA) is 152 Å². The van der Waals surface area contributed by atoms with Crippen molar-refractivity contribution in [1.82, 2.24) is 29.4 Å². The van der Waals surface area contributed by atoms with Crippen LogP contribution in [0.25, 0.3) is 21.8 Å². The highest BCUT2D eigenvalue weighted by atomic mass is 19.1. The fourth-order valence-corrected chi connectivity index (χ4v) is 8.24. The molecule has 336 valence electrons. The quantitative estimate of drug-likeness (QED) is 0.100. The number of aryl methyl sites for hydroxylation is 2. The summed E-state index contributed by atoms with van der Waals surface area (Å²) < 4.78 is 38.2. The number of nitrogens with zero attached hydrogens (tertiary/aromatic N) is 8. The number of esters is 1. The number of halogens is 2. The molecular formula is C48H55F2N9O5. The monoisotopic (exact) mass is 875 g/mol. The third-order valence-corrected chi connectivity index (χ3v) is 11.9. The largest absolute Gasteiger partial charge is 0.465 e. The highest BCUT2D eigenvalue weighted by Crippen LogP contribution is 2.29. The van der Waals surface area contributed by atoms with Crippen molar-refractivity contribution >= 4 is 57.0 Å². The van der Waals surface area contributed by atoms with Crippen LogP contribution in [-0.2, 0) is 30.9 Å². The molecule has 4 heterocycles. The van der Waals surface area contributed by atoms with Gasteiger partial charge in [0.2, 0.25) is 0 Å². The third-order valence-electron chi connectivity index (χ3n) is 11.9. The fourth-order valence-electron chi connectivity index (χ4n) is 8.24. The van der Waals surface area contributed by atoms with E-state index in [1.165, 1.54) is 25.3 Å².